The quantitative estimate of drug-likeness (QED) is 0.863. The van der Waals surface area contributed by atoms with Gasteiger partial charge in [-0.2, -0.15) is 0 Å². The van der Waals surface area contributed by atoms with Gasteiger partial charge < -0.3 is 14.2 Å². The van der Waals surface area contributed by atoms with Crippen molar-refractivity contribution >= 4 is 0 Å². The van der Waals surface area contributed by atoms with Crippen molar-refractivity contribution in [3.05, 3.63) is 41.9 Å². The first-order chi connectivity index (χ1) is 10.3. The first-order valence-corrected chi connectivity index (χ1v) is 6.93. The van der Waals surface area contributed by atoms with Gasteiger partial charge in [0.05, 0.1) is 20.8 Å². The summed E-state index contributed by atoms with van der Waals surface area (Å²) in [5.41, 5.74) is 2.16. The van der Waals surface area contributed by atoms with E-state index >= 15 is 0 Å². The van der Waals surface area contributed by atoms with E-state index in [4.69, 9.17) is 14.2 Å². The van der Waals surface area contributed by atoms with Crippen molar-refractivity contribution in [2.45, 2.75) is 12.8 Å². The van der Waals surface area contributed by atoms with Gasteiger partial charge in [0.2, 0.25) is 5.88 Å². The first kappa shape index (κ1) is 13.7. The molecule has 0 saturated carbocycles. The summed E-state index contributed by atoms with van der Waals surface area (Å²) in [5.74, 6) is 2.66. The molecule has 0 aliphatic carbocycles. The molecule has 1 aliphatic heterocycles. The highest BCUT2D eigenvalue weighted by atomic mass is 16.5. The molecule has 1 aromatic heterocycles. The molecule has 0 unspecified atom stereocenters. The standard InChI is InChI=1S/C16H18N2O3/c1-19-14-5-3-4-12-6-11(9-21-16(12)14)7-13-8-15(20-2)18-10-17-13/h3-5,8,10-11H,6-7,9H2,1-2H3/t11-/m0/s1. The van der Waals surface area contributed by atoms with E-state index in [1.807, 2.05) is 18.2 Å². The molecule has 0 radical (unpaired) electrons. The molecule has 0 bridgehead atoms. The van der Waals surface area contributed by atoms with E-state index in [1.54, 1.807) is 14.2 Å². The maximum Gasteiger partial charge on any atom is 0.216 e. The molecule has 21 heavy (non-hydrogen) atoms. The van der Waals surface area contributed by atoms with Crippen LogP contribution in [0, 0.1) is 5.92 Å². The van der Waals surface area contributed by atoms with E-state index in [2.05, 4.69) is 16.0 Å². The van der Waals surface area contributed by atoms with Gasteiger partial charge in [-0.3, -0.25) is 0 Å². The van der Waals surface area contributed by atoms with Crippen LogP contribution >= 0.6 is 0 Å². The lowest BCUT2D eigenvalue weighted by atomic mass is 9.92. The highest BCUT2D eigenvalue weighted by molar-refractivity contribution is 5.47. The van der Waals surface area contributed by atoms with E-state index in [1.165, 1.54) is 11.9 Å². The van der Waals surface area contributed by atoms with Crippen LogP contribution in [0.1, 0.15) is 11.3 Å². The third kappa shape index (κ3) is 2.91. The Morgan fingerprint density at radius 2 is 2.14 bits per heavy atom. The van der Waals surface area contributed by atoms with Crippen LogP contribution in [0.5, 0.6) is 17.4 Å². The summed E-state index contributed by atoms with van der Waals surface area (Å²) in [7, 11) is 3.27. The maximum atomic E-state index is 5.89. The molecule has 2 heterocycles. The van der Waals surface area contributed by atoms with Crippen molar-refractivity contribution in [3.8, 4) is 17.4 Å². The number of hydrogen-bond donors (Lipinski definition) is 0. The van der Waals surface area contributed by atoms with Gasteiger partial charge in [0, 0.05) is 17.7 Å². The largest absolute Gasteiger partial charge is 0.493 e. The predicted molar refractivity (Wildman–Crippen MR) is 78.0 cm³/mol. The van der Waals surface area contributed by atoms with Gasteiger partial charge in [-0.25, -0.2) is 9.97 Å². The van der Waals surface area contributed by atoms with E-state index in [0.29, 0.717) is 18.4 Å². The summed E-state index contributed by atoms with van der Waals surface area (Å²) in [5, 5.41) is 0. The normalized spacial score (nSPS) is 16.8. The van der Waals surface area contributed by atoms with Crippen molar-refractivity contribution in [2.24, 2.45) is 5.92 Å². The molecule has 110 valence electrons. The van der Waals surface area contributed by atoms with Gasteiger partial charge in [-0.05, 0) is 24.5 Å². The van der Waals surface area contributed by atoms with Gasteiger partial charge >= 0.3 is 0 Å². The lowest BCUT2D eigenvalue weighted by Crippen LogP contribution is -2.23. The van der Waals surface area contributed by atoms with Crippen molar-refractivity contribution in [2.75, 3.05) is 20.8 Å². The summed E-state index contributed by atoms with van der Waals surface area (Å²) in [6.45, 7) is 0.666. The number of aromatic nitrogens is 2. The number of hydrogen-bond acceptors (Lipinski definition) is 5. The topological polar surface area (TPSA) is 53.5 Å². The Morgan fingerprint density at radius 1 is 1.24 bits per heavy atom. The van der Waals surface area contributed by atoms with Crippen LogP contribution in [0.2, 0.25) is 0 Å². The molecule has 0 amide bonds. The molecule has 0 fully saturated rings. The maximum absolute atomic E-state index is 5.89. The third-order valence-corrected chi connectivity index (χ3v) is 3.66. The molecule has 1 atom stereocenters. The second-order valence-corrected chi connectivity index (χ2v) is 5.09. The summed E-state index contributed by atoms with van der Waals surface area (Å²) in [6.07, 6.45) is 3.34. The van der Waals surface area contributed by atoms with Crippen LogP contribution in [0.3, 0.4) is 0 Å². The van der Waals surface area contributed by atoms with Crippen molar-refractivity contribution in [1.82, 2.24) is 9.97 Å². The monoisotopic (exact) mass is 286 g/mol. The Balaban J connectivity index is 1.74. The minimum absolute atomic E-state index is 0.393. The van der Waals surface area contributed by atoms with Crippen molar-refractivity contribution in [3.63, 3.8) is 0 Å². The van der Waals surface area contributed by atoms with Crippen LogP contribution in [-0.4, -0.2) is 30.8 Å². The summed E-state index contributed by atoms with van der Waals surface area (Å²) >= 11 is 0. The fourth-order valence-electron chi connectivity index (χ4n) is 2.64. The number of methoxy groups -OCH3 is 2. The zero-order valence-electron chi connectivity index (χ0n) is 12.2. The SMILES string of the molecule is COc1cc(C[C@H]2COc3c(cccc3OC)C2)ncn1. The highest BCUT2D eigenvalue weighted by Gasteiger charge is 2.23. The minimum Gasteiger partial charge on any atom is -0.493 e. The Hall–Kier alpha value is -2.30. The molecule has 2 aromatic rings. The van der Waals surface area contributed by atoms with Crippen LogP contribution < -0.4 is 14.2 Å². The fourth-order valence-corrected chi connectivity index (χ4v) is 2.64. The summed E-state index contributed by atoms with van der Waals surface area (Å²) in [6, 6.07) is 7.89. The Morgan fingerprint density at radius 3 is 2.95 bits per heavy atom. The minimum atomic E-state index is 0.393. The predicted octanol–water partition coefficient (Wildman–Crippen LogP) is 2.29. The van der Waals surface area contributed by atoms with E-state index < -0.39 is 0 Å². The van der Waals surface area contributed by atoms with Crippen molar-refractivity contribution in [1.29, 1.82) is 0 Å². The van der Waals surface area contributed by atoms with Gasteiger partial charge in [-0.1, -0.05) is 12.1 Å². The smallest absolute Gasteiger partial charge is 0.216 e. The molecule has 1 aliphatic rings. The van der Waals surface area contributed by atoms with Crippen LogP contribution in [-0.2, 0) is 12.8 Å². The third-order valence-electron chi connectivity index (χ3n) is 3.66. The molecule has 0 spiro atoms. The number of para-hydroxylation sites is 1. The first-order valence-electron chi connectivity index (χ1n) is 6.93. The lowest BCUT2D eigenvalue weighted by molar-refractivity contribution is 0.210. The van der Waals surface area contributed by atoms with E-state index in [0.717, 1.165) is 30.0 Å². The number of benzene rings is 1. The Bertz CT molecular complexity index is 631. The average Bonchev–Trinajstić information content (AvgIpc) is 2.54. The number of ether oxygens (including phenoxy) is 3. The molecule has 3 rings (SSSR count). The summed E-state index contributed by atoms with van der Waals surface area (Å²) in [4.78, 5) is 8.33. The van der Waals surface area contributed by atoms with Gasteiger partial charge in [0.15, 0.2) is 11.5 Å². The zero-order valence-corrected chi connectivity index (χ0v) is 12.2. The molecular formula is C16H18N2O3. The Kier molecular flexibility index (Phi) is 3.90. The van der Waals surface area contributed by atoms with Gasteiger partial charge in [-0.15, -0.1) is 0 Å². The number of nitrogens with zero attached hydrogens (tertiary/aromatic N) is 2. The number of fused-ring (bicyclic) bond motifs is 1. The zero-order chi connectivity index (χ0) is 14.7. The second kappa shape index (κ2) is 5.99. The lowest BCUT2D eigenvalue weighted by Gasteiger charge is -2.26. The fraction of sp³-hybridized carbons (Fsp3) is 0.375. The average molecular weight is 286 g/mol. The second-order valence-electron chi connectivity index (χ2n) is 5.09. The molecule has 1 aromatic carbocycles. The number of rotatable bonds is 4. The van der Waals surface area contributed by atoms with Crippen LogP contribution in [0.15, 0.2) is 30.6 Å². The van der Waals surface area contributed by atoms with Gasteiger partial charge in [0.25, 0.3) is 0 Å². The molecule has 0 N–H and O–H groups in total. The molecule has 0 saturated heterocycles. The highest BCUT2D eigenvalue weighted by Crippen LogP contribution is 2.36. The van der Waals surface area contributed by atoms with E-state index in [-0.39, 0.29) is 0 Å². The molecular weight excluding hydrogens is 268 g/mol. The Labute approximate surface area is 123 Å². The van der Waals surface area contributed by atoms with Gasteiger partial charge in [0.1, 0.15) is 6.33 Å². The van der Waals surface area contributed by atoms with Crippen LogP contribution in [0.4, 0.5) is 0 Å². The van der Waals surface area contributed by atoms with Crippen molar-refractivity contribution < 1.29 is 14.2 Å². The van der Waals surface area contributed by atoms with Crippen LogP contribution in [0.25, 0.3) is 0 Å². The molecule has 5 heteroatoms. The molecule has 5 nitrogen and oxygen atoms in total. The van der Waals surface area contributed by atoms with E-state index in [9.17, 15) is 0 Å². The summed E-state index contributed by atoms with van der Waals surface area (Å²) < 4.78 is 16.4.